The van der Waals surface area contributed by atoms with Gasteiger partial charge >= 0.3 is 0 Å². The third-order valence-electron chi connectivity index (χ3n) is 2.30. The summed E-state index contributed by atoms with van der Waals surface area (Å²) >= 11 is 6.95. The lowest BCUT2D eigenvalue weighted by Crippen LogP contribution is -1.94. The summed E-state index contributed by atoms with van der Waals surface area (Å²) in [6.07, 6.45) is 0. The number of hydrogen-bond donors (Lipinski definition) is 1. The van der Waals surface area contributed by atoms with Crippen molar-refractivity contribution in [2.24, 2.45) is 5.73 Å². The second-order valence-corrected chi connectivity index (χ2v) is 6.70. The molecule has 0 atom stereocenters. The van der Waals surface area contributed by atoms with E-state index in [0.29, 0.717) is 6.54 Å². The number of nitrogens with two attached hydrogens (primary N) is 1. The van der Waals surface area contributed by atoms with Crippen LogP contribution < -0.4 is 5.73 Å². The van der Waals surface area contributed by atoms with E-state index in [1.165, 1.54) is 9.77 Å². The number of aromatic nitrogens is 1. The minimum absolute atomic E-state index is 0.590. The van der Waals surface area contributed by atoms with Crippen LogP contribution in [-0.2, 0) is 12.3 Å². The van der Waals surface area contributed by atoms with Crippen LogP contribution in [0.2, 0.25) is 0 Å². The standard InChI is InChI=1S/C12H13BrN2S2/c1-8-11(6-14)17-12(15-8)7-16-10-4-2-9(13)3-5-10/h2-5H,6-7,14H2,1H3. The Morgan fingerprint density at radius 1 is 1.35 bits per heavy atom. The van der Waals surface area contributed by atoms with Crippen molar-refractivity contribution in [3.05, 3.63) is 44.3 Å². The van der Waals surface area contributed by atoms with Gasteiger partial charge in [-0.3, -0.25) is 0 Å². The van der Waals surface area contributed by atoms with Gasteiger partial charge in [-0.05, 0) is 31.2 Å². The molecule has 1 heterocycles. The number of nitrogens with zero attached hydrogens (tertiary/aromatic N) is 1. The van der Waals surface area contributed by atoms with Crippen molar-refractivity contribution >= 4 is 39.0 Å². The van der Waals surface area contributed by atoms with Gasteiger partial charge in [0.05, 0.1) is 11.4 Å². The van der Waals surface area contributed by atoms with Crippen molar-refractivity contribution in [3.63, 3.8) is 0 Å². The molecule has 0 radical (unpaired) electrons. The van der Waals surface area contributed by atoms with E-state index < -0.39 is 0 Å². The van der Waals surface area contributed by atoms with Gasteiger partial charge in [-0.1, -0.05) is 15.9 Å². The number of benzene rings is 1. The Bertz CT molecular complexity index is 494. The number of thiazole rings is 1. The normalized spacial score (nSPS) is 10.8. The van der Waals surface area contributed by atoms with Crippen LogP contribution in [0.1, 0.15) is 15.6 Å². The summed E-state index contributed by atoms with van der Waals surface area (Å²) in [6, 6.07) is 8.33. The molecular formula is C12H13BrN2S2. The smallest absolute Gasteiger partial charge is 0.103 e. The Kier molecular flexibility index (Phi) is 4.62. The molecule has 90 valence electrons. The molecule has 0 unspecified atom stereocenters. The van der Waals surface area contributed by atoms with Crippen molar-refractivity contribution in [2.75, 3.05) is 0 Å². The predicted octanol–water partition coefficient (Wildman–Crippen LogP) is 3.97. The molecule has 0 aliphatic carbocycles. The Hall–Kier alpha value is -0.360. The zero-order valence-corrected chi connectivity index (χ0v) is 12.7. The van der Waals surface area contributed by atoms with Crippen molar-refractivity contribution in [2.45, 2.75) is 24.1 Å². The van der Waals surface area contributed by atoms with Gasteiger partial charge < -0.3 is 5.73 Å². The molecule has 2 rings (SSSR count). The molecule has 0 aliphatic heterocycles. The summed E-state index contributed by atoms with van der Waals surface area (Å²) in [5.41, 5.74) is 6.72. The zero-order chi connectivity index (χ0) is 12.3. The molecule has 0 spiro atoms. The fourth-order valence-corrected chi connectivity index (χ4v) is 3.52. The Balaban J connectivity index is 1.99. The third kappa shape index (κ3) is 3.55. The number of aryl methyl sites for hydroxylation is 1. The SMILES string of the molecule is Cc1nc(CSc2ccc(Br)cc2)sc1CN. The highest BCUT2D eigenvalue weighted by molar-refractivity contribution is 9.10. The van der Waals surface area contributed by atoms with Gasteiger partial charge in [0.2, 0.25) is 0 Å². The highest BCUT2D eigenvalue weighted by Gasteiger charge is 2.06. The van der Waals surface area contributed by atoms with Crippen molar-refractivity contribution < 1.29 is 0 Å². The molecule has 2 N–H and O–H groups in total. The molecule has 0 saturated heterocycles. The van der Waals surface area contributed by atoms with Gasteiger partial charge in [0.25, 0.3) is 0 Å². The van der Waals surface area contributed by atoms with Crippen LogP contribution in [-0.4, -0.2) is 4.98 Å². The first-order valence-electron chi connectivity index (χ1n) is 5.22. The van der Waals surface area contributed by atoms with Crippen molar-refractivity contribution in [1.29, 1.82) is 0 Å². The Labute approximate surface area is 118 Å². The number of hydrogen-bond acceptors (Lipinski definition) is 4. The van der Waals surface area contributed by atoms with E-state index in [0.717, 1.165) is 20.9 Å². The maximum atomic E-state index is 5.65. The molecule has 1 aromatic heterocycles. The van der Waals surface area contributed by atoms with Crippen LogP contribution >= 0.6 is 39.0 Å². The third-order valence-corrected chi connectivity index (χ3v) is 5.21. The first kappa shape index (κ1) is 13.1. The summed E-state index contributed by atoms with van der Waals surface area (Å²) in [4.78, 5) is 6.97. The van der Waals surface area contributed by atoms with E-state index in [4.69, 9.17) is 5.73 Å². The second kappa shape index (κ2) is 6.00. The molecule has 17 heavy (non-hydrogen) atoms. The lowest BCUT2D eigenvalue weighted by atomic mass is 10.4. The lowest BCUT2D eigenvalue weighted by Gasteiger charge is -1.98. The van der Waals surface area contributed by atoms with Crippen molar-refractivity contribution in [1.82, 2.24) is 4.98 Å². The highest BCUT2D eigenvalue weighted by Crippen LogP contribution is 2.27. The van der Waals surface area contributed by atoms with Gasteiger partial charge in [0, 0.05) is 20.8 Å². The average Bonchev–Trinajstić information content (AvgIpc) is 2.69. The molecule has 5 heteroatoms. The van der Waals surface area contributed by atoms with E-state index >= 15 is 0 Å². The number of thioether (sulfide) groups is 1. The predicted molar refractivity (Wildman–Crippen MR) is 78.4 cm³/mol. The van der Waals surface area contributed by atoms with E-state index in [1.54, 1.807) is 23.1 Å². The molecule has 2 aromatic rings. The molecular weight excluding hydrogens is 316 g/mol. The van der Waals surface area contributed by atoms with Gasteiger partial charge in [-0.15, -0.1) is 23.1 Å². The summed E-state index contributed by atoms with van der Waals surface area (Å²) in [6.45, 7) is 2.61. The minimum atomic E-state index is 0.590. The molecule has 0 saturated carbocycles. The maximum absolute atomic E-state index is 5.65. The van der Waals surface area contributed by atoms with Crippen LogP contribution in [0.4, 0.5) is 0 Å². The number of rotatable bonds is 4. The second-order valence-electron chi connectivity index (χ2n) is 3.56. The summed E-state index contributed by atoms with van der Waals surface area (Å²) < 4.78 is 1.11. The first-order chi connectivity index (χ1) is 8.19. The lowest BCUT2D eigenvalue weighted by molar-refractivity contribution is 1.05. The van der Waals surface area contributed by atoms with Crippen molar-refractivity contribution in [3.8, 4) is 0 Å². The Morgan fingerprint density at radius 2 is 2.06 bits per heavy atom. The van der Waals surface area contributed by atoms with Gasteiger partial charge in [-0.25, -0.2) is 4.98 Å². The molecule has 2 nitrogen and oxygen atoms in total. The van der Waals surface area contributed by atoms with Crippen LogP contribution in [0, 0.1) is 6.92 Å². The van der Waals surface area contributed by atoms with Gasteiger partial charge in [-0.2, -0.15) is 0 Å². The van der Waals surface area contributed by atoms with Crippen LogP contribution in [0.15, 0.2) is 33.6 Å². The van der Waals surface area contributed by atoms with E-state index in [-0.39, 0.29) is 0 Å². The van der Waals surface area contributed by atoms with E-state index in [9.17, 15) is 0 Å². The monoisotopic (exact) mass is 328 g/mol. The molecule has 0 bridgehead atoms. The first-order valence-corrected chi connectivity index (χ1v) is 7.82. The topological polar surface area (TPSA) is 38.9 Å². The molecule has 0 amide bonds. The summed E-state index contributed by atoms with van der Waals surface area (Å²) in [5, 5.41) is 1.15. The number of halogens is 1. The minimum Gasteiger partial charge on any atom is -0.326 e. The maximum Gasteiger partial charge on any atom is 0.103 e. The molecule has 0 aliphatic rings. The van der Waals surface area contributed by atoms with Gasteiger partial charge in [0.15, 0.2) is 0 Å². The van der Waals surface area contributed by atoms with Crippen LogP contribution in [0.3, 0.4) is 0 Å². The van der Waals surface area contributed by atoms with E-state index in [1.807, 2.05) is 6.92 Å². The fourth-order valence-electron chi connectivity index (χ4n) is 1.42. The zero-order valence-electron chi connectivity index (χ0n) is 9.44. The van der Waals surface area contributed by atoms with E-state index in [2.05, 4.69) is 45.2 Å². The fraction of sp³-hybridized carbons (Fsp3) is 0.250. The van der Waals surface area contributed by atoms with Crippen LogP contribution in [0.25, 0.3) is 0 Å². The van der Waals surface area contributed by atoms with Crippen LogP contribution in [0.5, 0.6) is 0 Å². The summed E-state index contributed by atoms with van der Waals surface area (Å²) in [5.74, 6) is 0.910. The highest BCUT2D eigenvalue weighted by atomic mass is 79.9. The largest absolute Gasteiger partial charge is 0.326 e. The quantitative estimate of drug-likeness (QED) is 0.863. The Morgan fingerprint density at radius 3 is 2.65 bits per heavy atom. The average molecular weight is 329 g/mol. The molecule has 1 aromatic carbocycles. The summed E-state index contributed by atoms with van der Waals surface area (Å²) in [7, 11) is 0. The molecule has 0 fully saturated rings. The van der Waals surface area contributed by atoms with Gasteiger partial charge in [0.1, 0.15) is 5.01 Å².